The first kappa shape index (κ1) is 26.9. The van der Waals surface area contributed by atoms with Gasteiger partial charge in [0.2, 0.25) is 0 Å². The molecule has 0 aliphatic heterocycles. The fourth-order valence-electron chi connectivity index (χ4n) is 1.55. The Kier molecular flexibility index (Phi) is 17.7. The van der Waals surface area contributed by atoms with Crippen molar-refractivity contribution in [3.63, 3.8) is 0 Å². The first-order valence-electron chi connectivity index (χ1n) is 5.30. The molecule has 3 heteroatoms. The zero-order valence-corrected chi connectivity index (χ0v) is 12.8. The number of benzene rings is 1. The van der Waals surface area contributed by atoms with Crippen LogP contribution in [0.3, 0.4) is 0 Å². The van der Waals surface area contributed by atoms with Gasteiger partial charge < -0.3 is 9.90 Å². The maximum absolute atomic E-state index is 10.7. The van der Waals surface area contributed by atoms with Crippen molar-refractivity contribution in [2.24, 2.45) is 5.92 Å². The normalized spacial score (nSPS) is 10.1. The summed E-state index contributed by atoms with van der Waals surface area (Å²) in [6.45, 7) is 5.97. The van der Waals surface area contributed by atoms with Crippen molar-refractivity contribution in [1.82, 2.24) is 0 Å². The third-order valence-electron chi connectivity index (χ3n) is 2.48. The summed E-state index contributed by atoms with van der Waals surface area (Å²) in [4.78, 5) is 10.7. The van der Waals surface area contributed by atoms with E-state index in [1.165, 1.54) is 5.56 Å². The van der Waals surface area contributed by atoms with Gasteiger partial charge in [-0.05, 0) is 23.5 Å². The minimum absolute atomic E-state index is 0. The summed E-state index contributed by atoms with van der Waals surface area (Å²) in [6.07, 6.45) is 1.03. The number of carbonyl (C=O) groups excluding carboxylic acids is 1. The molecule has 1 unspecified atom stereocenters. The van der Waals surface area contributed by atoms with Crippen LogP contribution >= 0.6 is 0 Å². The van der Waals surface area contributed by atoms with Crippen molar-refractivity contribution < 1.29 is 9.90 Å². The molecule has 4 radical (unpaired) electrons. The number of carboxylic acids is 1. The first-order valence-corrected chi connectivity index (χ1v) is 5.30. The SMILES string of the molecule is C.C.C.CC(C)Cc1ccc(C(C)C(=O)[O-])cc1.[Sn]. The van der Waals surface area contributed by atoms with E-state index in [2.05, 4.69) is 13.8 Å². The third kappa shape index (κ3) is 9.09. The van der Waals surface area contributed by atoms with Crippen molar-refractivity contribution in [1.29, 1.82) is 0 Å². The maximum Gasteiger partial charge on any atom is 0.0486 e. The molecule has 1 aromatic carbocycles. The van der Waals surface area contributed by atoms with Crippen LogP contribution in [-0.4, -0.2) is 29.9 Å². The quantitative estimate of drug-likeness (QED) is 0.762. The van der Waals surface area contributed by atoms with Gasteiger partial charge in [-0.1, -0.05) is 67.3 Å². The molecule has 0 aliphatic carbocycles. The molecule has 1 atom stereocenters. The van der Waals surface area contributed by atoms with E-state index in [0.717, 1.165) is 12.0 Å². The van der Waals surface area contributed by atoms with E-state index in [0.29, 0.717) is 5.92 Å². The van der Waals surface area contributed by atoms with Gasteiger partial charge in [0.1, 0.15) is 0 Å². The number of aliphatic carboxylic acids is 1. The van der Waals surface area contributed by atoms with Crippen molar-refractivity contribution in [2.45, 2.75) is 55.4 Å². The Hall–Kier alpha value is -0.511. The molecule has 1 rings (SSSR count). The average molecular weight is 372 g/mol. The molecule has 0 aliphatic rings. The molecule has 0 heterocycles. The van der Waals surface area contributed by atoms with Gasteiger partial charge in [0, 0.05) is 35.8 Å². The van der Waals surface area contributed by atoms with Gasteiger partial charge in [-0.15, -0.1) is 0 Å². The Morgan fingerprint density at radius 1 is 1.05 bits per heavy atom. The minimum Gasteiger partial charge on any atom is -0.550 e. The van der Waals surface area contributed by atoms with Crippen LogP contribution in [0.25, 0.3) is 0 Å². The van der Waals surface area contributed by atoms with E-state index in [-0.39, 0.29) is 46.2 Å². The maximum atomic E-state index is 10.7. The number of hydrogen-bond donors (Lipinski definition) is 0. The van der Waals surface area contributed by atoms with Gasteiger partial charge >= 0.3 is 0 Å². The molecular weight excluding hydrogens is 343 g/mol. The summed E-state index contributed by atoms with van der Waals surface area (Å²) in [7, 11) is 0. The molecule has 0 bridgehead atoms. The Balaban J connectivity index is -0.000000281. The van der Waals surface area contributed by atoms with E-state index in [4.69, 9.17) is 0 Å². The average Bonchev–Trinajstić information content (AvgIpc) is 2.17. The summed E-state index contributed by atoms with van der Waals surface area (Å²) in [6, 6.07) is 7.74. The Morgan fingerprint density at radius 2 is 1.47 bits per heavy atom. The first-order chi connectivity index (χ1) is 7.00. The predicted octanol–water partition coefficient (Wildman–Crippen LogP) is 3.27. The molecule has 1 aromatic rings. The van der Waals surface area contributed by atoms with Gasteiger partial charge in [0.15, 0.2) is 0 Å². The molecule has 19 heavy (non-hydrogen) atoms. The summed E-state index contributed by atoms with van der Waals surface area (Å²) >= 11 is 0. The van der Waals surface area contributed by atoms with Gasteiger partial charge in [0.05, 0.1) is 0 Å². The van der Waals surface area contributed by atoms with Gasteiger partial charge in [0.25, 0.3) is 0 Å². The Morgan fingerprint density at radius 3 is 1.79 bits per heavy atom. The zero-order chi connectivity index (χ0) is 11.4. The van der Waals surface area contributed by atoms with E-state index in [1.807, 2.05) is 24.3 Å². The fraction of sp³-hybridized carbons (Fsp3) is 0.562. The summed E-state index contributed by atoms with van der Waals surface area (Å²) in [5.41, 5.74) is 2.06. The second kappa shape index (κ2) is 12.5. The van der Waals surface area contributed by atoms with Crippen LogP contribution in [0.15, 0.2) is 24.3 Å². The second-order valence-corrected chi connectivity index (χ2v) is 4.38. The number of rotatable bonds is 4. The number of carboxylic acid groups (broad SMARTS) is 1. The topological polar surface area (TPSA) is 40.1 Å². The van der Waals surface area contributed by atoms with Crippen LogP contribution < -0.4 is 5.11 Å². The van der Waals surface area contributed by atoms with Crippen LogP contribution in [0.2, 0.25) is 0 Å². The van der Waals surface area contributed by atoms with Crippen molar-refractivity contribution >= 4 is 29.9 Å². The fourth-order valence-corrected chi connectivity index (χ4v) is 1.55. The van der Waals surface area contributed by atoms with E-state index in [9.17, 15) is 9.90 Å². The molecule has 0 aromatic heterocycles. The van der Waals surface area contributed by atoms with E-state index < -0.39 is 11.9 Å². The monoisotopic (exact) mass is 373 g/mol. The molecule has 0 N–H and O–H groups in total. The Labute approximate surface area is 136 Å². The van der Waals surface area contributed by atoms with Crippen LogP contribution in [0.5, 0.6) is 0 Å². The zero-order valence-electron chi connectivity index (χ0n) is 9.99. The number of carbonyl (C=O) groups is 1. The van der Waals surface area contributed by atoms with Crippen molar-refractivity contribution in [3.8, 4) is 0 Å². The smallest absolute Gasteiger partial charge is 0.0486 e. The predicted molar refractivity (Wildman–Crippen MR) is 84.4 cm³/mol. The molecule has 0 saturated carbocycles. The van der Waals surface area contributed by atoms with Crippen molar-refractivity contribution in [2.75, 3.05) is 0 Å². The molecule has 0 saturated heterocycles. The molecule has 0 amide bonds. The molecular formula is C16H29O2Sn-. The molecule has 2 nitrogen and oxygen atoms in total. The van der Waals surface area contributed by atoms with Crippen LogP contribution in [0.4, 0.5) is 0 Å². The third-order valence-corrected chi connectivity index (χ3v) is 2.48. The largest absolute Gasteiger partial charge is 0.550 e. The second-order valence-electron chi connectivity index (χ2n) is 4.38. The minimum atomic E-state index is -1.02. The van der Waals surface area contributed by atoms with E-state index >= 15 is 0 Å². The molecule has 110 valence electrons. The summed E-state index contributed by atoms with van der Waals surface area (Å²) in [5.74, 6) is -0.931. The van der Waals surface area contributed by atoms with Gasteiger partial charge in [-0.2, -0.15) is 0 Å². The van der Waals surface area contributed by atoms with E-state index in [1.54, 1.807) is 6.92 Å². The summed E-state index contributed by atoms with van der Waals surface area (Å²) < 4.78 is 0. The van der Waals surface area contributed by atoms with Crippen LogP contribution in [0.1, 0.15) is 60.1 Å². The summed E-state index contributed by atoms with van der Waals surface area (Å²) in [5, 5.41) is 10.7. The van der Waals surface area contributed by atoms with Crippen LogP contribution in [0, 0.1) is 5.92 Å². The van der Waals surface area contributed by atoms with Gasteiger partial charge in [-0.25, -0.2) is 0 Å². The van der Waals surface area contributed by atoms with Gasteiger partial charge in [-0.3, -0.25) is 0 Å². The molecule has 0 fully saturated rings. The van der Waals surface area contributed by atoms with Crippen molar-refractivity contribution in [3.05, 3.63) is 35.4 Å². The van der Waals surface area contributed by atoms with Crippen LogP contribution in [-0.2, 0) is 11.2 Å². The molecule has 0 spiro atoms. The Bertz CT molecular complexity index is 331. The standard InChI is InChI=1S/C13H18O2.3CH4.Sn/c1-9(2)8-11-4-6-12(7-5-11)10(3)13(14)15;;;;/h4-7,9-10H,8H2,1-3H3,(H,14,15);3*1H4;/p-1. The number of hydrogen-bond acceptors (Lipinski definition) is 2.